The second-order valence-electron chi connectivity index (χ2n) is 10.2. The fourth-order valence-corrected chi connectivity index (χ4v) is 5.07. The molecule has 0 fully saturated rings. The predicted octanol–water partition coefficient (Wildman–Crippen LogP) is 6.72. The summed E-state index contributed by atoms with van der Waals surface area (Å²) in [6, 6.07) is 10.8. The number of aromatic amines is 2. The van der Waals surface area contributed by atoms with Crippen molar-refractivity contribution in [2.75, 3.05) is 5.32 Å². The number of hydrogen-bond acceptors (Lipinski definition) is 6. The highest BCUT2D eigenvalue weighted by Gasteiger charge is 2.22. The van der Waals surface area contributed by atoms with Crippen molar-refractivity contribution in [2.24, 2.45) is 5.41 Å². The van der Waals surface area contributed by atoms with E-state index in [-0.39, 0.29) is 5.91 Å². The number of rotatable bonds is 4. The minimum Gasteiger partial charge on any atom is -0.336 e. The number of aryl methyl sites for hydroxylation is 1. The van der Waals surface area contributed by atoms with Gasteiger partial charge in [-0.3, -0.25) is 19.9 Å². The summed E-state index contributed by atoms with van der Waals surface area (Å²) in [6.45, 7) is 7.53. The van der Waals surface area contributed by atoms with E-state index in [9.17, 15) is 4.79 Å². The number of nitrogens with one attached hydrogen (secondary N) is 3. The van der Waals surface area contributed by atoms with Crippen LogP contribution in [0.15, 0.2) is 55.0 Å². The second-order valence-corrected chi connectivity index (χ2v) is 11.5. The van der Waals surface area contributed by atoms with Crippen molar-refractivity contribution in [1.82, 2.24) is 30.1 Å². The third kappa shape index (κ3) is 4.22. The number of halogens is 1. The lowest BCUT2D eigenvalue weighted by molar-refractivity contribution is -0.123. The van der Waals surface area contributed by atoms with E-state index in [1.165, 1.54) is 10.9 Å². The number of hydrogen-bond donors (Lipinski definition) is 3. The van der Waals surface area contributed by atoms with Crippen molar-refractivity contribution >= 4 is 44.9 Å². The largest absolute Gasteiger partial charge is 0.336 e. The molecule has 190 valence electrons. The quantitative estimate of drug-likeness (QED) is 0.236. The van der Waals surface area contributed by atoms with Crippen LogP contribution < -0.4 is 5.32 Å². The molecule has 0 radical (unpaired) electrons. The van der Waals surface area contributed by atoms with Crippen LogP contribution in [0.4, 0.5) is 10.1 Å². The Bertz CT molecular complexity index is 1840. The van der Waals surface area contributed by atoms with Crippen molar-refractivity contribution in [3.8, 4) is 33.2 Å². The predicted molar refractivity (Wildman–Crippen MR) is 148 cm³/mol. The summed E-state index contributed by atoms with van der Waals surface area (Å²) in [5.41, 5.74) is 4.28. The monoisotopic (exact) mass is 525 g/mol. The first-order valence-corrected chi connectivity index (χ1v) is 12.9. The summed E-state index contributed by atoms with van der Waals surface area (Å²) in [5.74, 6) is -0.0328. The maximum absolute atomic E-state index is 15.2. The standard InChI is InChI=1S/C28H24FN7OS/c1-14-5-6-22(38-14)25-24-20(7-8-31-25)33-26(34-24)23-18-10-17(19(29)11-21(18)35-36-23)15-9-16(13-30-12-15)32-27(37)28(2,3)4/h5-13H,1-4H3,(H,32,37)(H,33,34)(H,35,36). The van der Waals surface area contributed by atoms with Gasteiger partial charge in [0.05, 0.1) is 27.8 Å². The Morgan fingerprint density at radius 3 is 2.66 bits per heavy atom. The number of pyridine rings is 2. The van der Waals surface area contributed by atoms with Crippen LogP contribution in [0.3, 0.4) is 0 Å². The molecule has 38 heavy (non-hydrogen) atoms. The highest BCUT2D eigenvalue weighted by atomic mass is 32.1. The number of anilines is 1. The third-order valence-corrected chi connectivity index (χ3v) is 7.25. The van der Waals surface area contributed by atoms with Crippen molar-refractivity contribution in [3.05, 3.63) is 65.7 Å². The van der Waals surface area contributed by atoms with Gasteiger partial charge in [-0.05, 0) is 37.3 Å². The first-order valence-electron chi connectivity index (χ1n) is 12.0. The Balaban J connectivity index is 1.43. The maximum Gasteiger partial charge on any atom is 0.229 e. The fraction of sp³-hybridized carbons (Fsp3) is 0.179. The Morgan fingerprint density at radius 1 is 1.05 bits per heavy atom. The van der Waals surface area contributed by atoms with E-state index < -0.39 is 11.2 Å². The molecule has 0 aliphatic rings. The zero-order chi connectivity index (χ0) is 26.6. The molecule has 8 nitrogen and oxygen atoms in total. The topological polar surface area (TPSA) is 112 Å². The summed E-state index contributed by atoms with van der Waals surface area (Å²) in [6.07, 6.45) is 4.87. The van der Waals surface area contributed by atoms with Crippen LogP contribution in [0.25, 0.3) is 55.2 Å². The van der Waals surface area contributed by atoms with E-state index in [0.717, 1.165) is 21.6 Å². The van der Waals surface area contributed by atoms with Gasteiger partial charge in [-0.25, -0.2) is 9.37 Å². The molecule has 0 bridgehead atoms. The van der Waals surface area contributed by atoms with Gasteiger partial charge in [0.2, 0.25) is 5.91 Å². The van der Waals surface area contributed by atoms with Gasteiger partial charge >= 0.3 is 0 Å². The van der Waals surface area contributed by atoms with E-state index >= 15 is 4.39 Å². The number of imidazole rings is 1. The third-order valence-electron chi connectivity index (χ3n) is 6.24. The molecule has 0 aliphatic heterocycles. The molecule has 0 unspecified atom stereocenters. The molecule has 1 aromatic carbocycles. The number of thiophene rings is 1. The highest BCUT2D eigenvalue weighted by Crippen LogP contribution is 2.35. The van der Waals surface area contributed by atoms with E-state index in [0.29, 0.717) is 39.2 Å². The Kier molecular flexibility index (Phi) is 5.57. The number of H-pyrrole nitrogens is 2. The number of benzene rings is 1. The Hall–Kier alpha value is -4.44. The molecule has 10 heteroatoms. The zero-order valence-electron chi connectivity index (χ0n) is 21.2. The maximum atomic E-state index is 15.2. The summed E-state index contributed by atoms with van der Waals surface area (Å²) in [5, 5.41) is 10.9. The molecule has 3 N–H and O–H groups in total. The number of fused-ring (bicyclic) bond motifs is 2. The highest BCUT2D eigenvalue weighted by molar-refractivity contribution is 7.15. The lowest BCUT2D eigenvalue weighted by Crippen LogP contribution is -2.27. The molecule has 0 saturated carbocycles. The number of carbonyl (C=O) groups excluding carboxylic acids is 1. The van der Waals surface area contributed by atoms with Crippen LogP contribution in [0.5, 0.6) is 0 Å². The lowest BCUT2D eigenvalue weighted by Gasteiger charge is -2.17. The summed E-state index contributed by atoms with van der Waals surface area (Å²) >= 11 is 1.66. The summed E-state index contributed by atoms with van der Waals surface area (Å²) < 4.78 is 15.2. The number of carbonyl (C=O) groups is 1. The van der Waals surface area contributed by atoms with Gasteiger partial charge in [-0.1, -0.05) is 20.8 Å². The average molecular weight is 526 g/mol. The summed E-state index contributed by atoms with van der Waals surface area (Å²) in [4.78, 5) is 31.6. The molecule has 5 heterocycles. The second kappa shape index (κ2) is 8.84. The van der Waals surface area contributed by atoms with Gasteiger partial charge in [0.25, 0.3) is 0 Å². The molecule has 6 rings (SSSR count). The van der Waals surface area contributed by atoms with Gasteiger partial charge < -0.3 is 10.3 Å². The average Bonchev–Trinajstić information content (AvgIpc) is 3.60. The van der Waals surface area contributed by atoms with Crippen molar-refractivity contribution < 1.29 is 9.18 Å². The van der Waals surface area contributed by atoms with Crippen molar-refractivity contribution in [3.63, 3.8) is 0 Å². The van der Waals surface area contributed by atoms with Crippen LogP contribution in [0.2, 0.25) is 0 Å². The minimum absolute atomic E-state index is 0.152. The fourth-order valence-electron chi connectivity index (χ4n) is 4.20. The first kappa shape index (κ1) is 23.9. The normalized spacial score (nSPS) is 11.9. The molecular formula is C28H24FN7OS. The number of nitrogens with zero attached hydrogens (tertiary/aromatic N) is 4. The van der Waals surface area contributed by atoms with E-state index in [1.54, 1.807) is 42.1 Å². The smallest absolute Gasteiger partial charge is 0.229 e. The Labute approximate surface area is 221 Å². The van der Waals surface area contributed by atoms with Gasteiger partial charge in [-0.2, -0.15) is 5.10 Å². The number of aromatic nitrogens is 6. The van der Waals surface area contributed by atoms with Crippen LogP contribution in [-0.4, -0.2) is 36.0 Å². The van der Waals surface area contributed by atoms with Crippen LogP contribution in [0, 0.1) is 18.2 Å². The van der Waals surface area contributed by atoms with Crippen LogP contribution in [0.1, 0.15) is 25.6 Å². The van der Waals surface area contributed by atoms with Gasteiger partial charge in [-0.15, -0.1) is 11.3 Å². The minimum atomic E-state index is -0.573. The molecular weight excluding hydrogens is 501 g/mol. The molecule has 0 saturated heterocycles. The van der Waals surface area contributed by atoms with Crippen molar-refractivity contribution in [2.45, 2.75) is 27.7 Å². The first-order chi connectivity index (χ1) is 18.2. The van der Waals surface area contributed by atoms with E-state index in [2.05, 4.69) is 43.5 Å². The van der Waals surface area contributed by atoms with Crippen molar-refractivity contribution in [1.29, 1.82) is 0 Å². The van der Waals surface area contributed by atoms with Gasteiger partial charge in [0, 0.05) is 45.3 Å². The molecule has 1 amide bonds. The molecule has 6 aromatic rings. The van der Waals surface area contributed by atoms with Crippen LogP contribution in [-0.2, 0) is 4.79 Å². The lowest BCUT2D eigenvalue weighted by atomic mass is 9.95. The van der Waals surface area contributed by atoms with Crippen LogP contribution >= 0.6 is 11.3 Å². The molecule has 0 spiro atoms. The SMILES string of the molecule is Cc1ccc(-c2nccc3[nH]c(-c4n[nH]c5cc(F)c(-c6cncc(NC(=O)C(C)(C)C)c6)cc45)nc23)s1. The molecule has 5 aromatic heterocycles. The van der Waals surface area contributed by atoms with Gasteiger partial charge in [0.1, 0.15) is 22.7 Å². The van der Waals surface area contributed by atoms with E-state index in [1.807, 2.05) is 32.9 Å². The Morgan fingerprint density at radius 2 is 1.89 bits per heavy atom. The number of amides is 1. The summed E-state index contributed by atoms with van der Waals surface area (Å²) in [7, 11) is 0. The van der Waals surface area contributed by atoms with Gasteiger partial charge in [0.15, 0.2) is 5.82 Å². The zero-order valence-corrected chi connectivity index (χ0v) is 22.0. The van der Waals surface area contributed by atoms with E-state index in [4.69, 9.17) is 4.98 Å². The molecule has 0 atom stereocenters. The molecule has 0 aliphatic carbocycles.